The number of benzene rings is 3. The minimum atomic E-state index is -0.513. The number of aryl methyl sites for hydroxylation is 1. The maximum Gasteiger partial charge on any atom is 0.238 e. The lowest BCUT2D eigenvalue weighted by Gasteiger charge is -2.24. The van der Waals surface area contributed by atoms with Gasteiger partial charge in [0.15, 0.2) is 0 Å². The van der Waals surface area contributed by atoms with E-state index in [0.717, 1.165) is 17.0 Å². The first-order valence-electron chi connectivity index (χ1n) is 8.50. The summed E-state index contributed by atoms with van der Waals surface area (Å²) in [6, 6.07) is 21.1. The molecule has 3 aromatic carbocycles. The van der Waals surface area contributed by atoms with Crippen molar-refractivity contribution in [2.45, 2.75) is 24.2 Å². The number of nitrogens with zero attached hydrogens (tertiary/aromatic N) is 1. The molecule has 1 aliphatic heterocycles. The maximum atomic E-state index is 13.1. The number of anilines is 1. The number of carbonyl (C=O) groups excluding carboxylic acids is 1. The fraction of sp³-hybridized carbons (Fsp3) is 0.227. The summed E-state index contributed by atoms with van der Waals surface area (Å²) in [5.74, 6) is 0.915. The van der Waals surface area contributed by atoms with Gasteiger partial charge in [0.1, 0.15) is 0 Å². The number of amides is 1. The quantitative estimate of drug-likeness (QED) is 0.609. The third kappa shape index (κ3) is 2.54. The summed E-state index contributed by atoms with van der Waals surface area (Å²) in [6.07, 6.45) is 0. The monoisotopic (exact) mass is 347 g/mol. The van der Waals surface area contributed by atoms with Crippen LogP contribution in [-0.4, -0.2) is 18.7 Å². The van der Waals surface area contributed by atoms with Gasteiger partial charge in [0, 0.05) is 23.4 Å². The molecule has 0 N–H and O–H groups in total. The van der Waals surface area contributed by atoms with E-state index >= 15 is 0 Å². The SMILES string of the molecule is Cc1ccc(SCC2(C)C(=O)N(C)c3ccc4ccccc4c32)cc1. The van der Waals surface area contributed by atoms with Crippen molar-refractivity contribution in [1.29, 1.82) is 0 Å². The molecule has 0 saturated heterocycles. The van der Waals surface area contributed by atoms with Crippen molar-refractivity contribution < 1.29 is 4.79 Å². The van der Waals surface area contributed by atoms with Crippen molar-refractivity contribution in [2.24, 2.45) is 0 Å². The summed E-state index contributed by atoms with van der Waals surface area (Å²) in [6.45, 7) is 4.18. The van der Waals surface area contributed by atoms with Gasteiger partial charge in [-0.25, -0.2) is 0 Å². The fourth-order valence-corrected chi connectivity index (χ4v) is 4.75. The Morgan fingerprint density at radius 2 is 1.72 bits per heavy atom. The van der Waals surface area contributed by atoms with Crippen LogP contribution in [0.15, 0.2) is 65.6 Å². The highest BCUT2D eigenvalue weighted by molar-refractivity contribution is 7.99. The predicted octanol–water partition coefficient (Wildman–Crippen LogP) is 5.17. The number of hydrogen-bond donors (Lipinski definition) is 0. The second-order valence-electron chi connectivity index (χ2n) is 6.98. The van der Waals surface area contributed by atoms with Crippen LogP contribution in [-0.2, 0) is 10.2 Å². The van der Waals surface area contributed by atoms with Crippen molar-refractivity contribution in [2.75, 3.05) is 17.7 Å². The van der Waals surface area contributed by atoms with Crippen LogP contribution in [0.25, 0.3) is 10.8 Å². The molecule has 4 rings (SSSR count). The highest BCUT2D eigenvalue weighted by atomic mass is 32.2. The first kappa shape index (κ1) is 16.2. The number of carbonyl (C=O) groups is 1. The van der Waals surface area contributed by atoms with Crippen LogP contribution in [0.2, 0.25) is 0 Å². The number of rotatable bonds is 3. The fourth-order valence-electron chi connectivity index (χ4n) is 3.70. The van der Waals surface area contributed by atoms with Gasteiger partial charge < -0.3 is 4.90 Å². The van der Waals surface area contributed by atoms with Gasteiger partial charge in [-0.2, -0.15) is 0 Å². The molecule has 0 spiro atoms. The molecule has 0 bridgehead atoms. The van der Waals surface area contributed by atoms with Crippen molar-refractivity contribution in [3.8, 4) is 0 Å². The Morgan fingerprint density at radius 1 is 1.00 bits per heavy atom. The Labute approximate surface area is 152 Å². The van der Waals surface area contributed by atoms with E-state index in [9.17, 15) is 4.79 Å². The van der Waals surface area contributed by atoms with Crippen LogP contribution in [0.5, 0.6) is 0 Å². The van der Waals surface area contributed by atoms with Crippen molar-refractivity contribution in [3.63, 3.8) is 0 Å². The molecule has 2 nitrogen and oxygen atoms in total. The molecule has 25 heavy (non-hydrogen) atoms. The highest BCUT2D eigenvalue weighted by Gasteiger charge is 2.46. The minimum Gasteiger partial charge on any atom is -0.314 e. The number of thioether (sulfide) groups is 1. The largest absolute Gasteiger partial charge is 0.314 e. The van der Waals surface area contributed by atoms with E-state index in [1.165, 1.54) is 21.2 Å². The van der Waals surface area contributed by atoms with Gasteiger partial charge in [-0.3, -0.25) is 4.79 Å². The van der Waals surface area contributed by atoms with Crippen LogP contribution in [0.1, 0.15) is 18.1 Å². The zero-order valence-corrected chi connectivity index (χ0v) is 15.6. The average molecular weight is 347 g/mol. The van der Waals surface area contributed by atoms with Gasteiger partial charge in [0.2, 0.25) is 5.91 Å². The van der Waals surface area contributed by atoms with E-state index in [0.29, 0.717) is 0 Å². The summed E-state index contributed by atoms with van der Waals surface area (Å²) in [5.41, 5.74) is 2.94. The Kier molecular flexibility index (Phi) is 3.84. The van der Waals surface area contributed by atoms with E-state index < -0.39 is 5.41 Å². The molecule has 0 saturated carbocycles. The molecule has 0 aliphatic carbocycles. The lowest BCUT2D eigenvalue weighted by molar-refractivity contribution is -0.121. The molecule has 1 atom stereocenters. The zero-order chi connectivity index (χ0) is 17.6. The molecule has 0 fully saturated rings. The van der Waals surface area contributed by atoms with Gasteiger partial charge in [0.25, 0.3) is 0 Å². The molecule has 1 heterocycles. The van der Waals surface area contributed by atoms with E-state index in [1.807, 2.05) is 18.0 Å². The lowest BCUT2D eigenvalue weighted by atomic mass is 9.83. The molecule has 1 amide bonds. The first-order chi connectivity index (χ1) is 12.0. The predicted molar refractivity (Wildman–Crippen MR) is 107 cm³/mol. The van der Waals surface area contributed by atoms with Gasteiger partial charge in [0.05, 0.1) is 5.41 Å². The van der Waals surface area contributed by atoms with Crippen molar-refractivity contribution >= 4 is 34.1 Å². The third-order valence-corrected chi connectivity index (χ3v) is 6.47. The van der Waals surface area contributed by atoms with Crippen molar-refractivity contribution in [3.05, 3.63) is 71.8 Å². The normalized spacial score (nSPS) is 19.5. The number of likely N-dealkylation sites (N-methyl/N-ethyl adjacent to an activating group) is 1. The summed E-state index contributed by atoms with van der Waals surface area (Å²) >= 11 is 1.76. The number of fused-ring (bicyclic) bond motifs is 3. The van der Waals surface area contributed by atoms with E-state index in [4.69, 9.17) is 0 Å². The van der Waals surface area contributed by atoms with Gasteiger partial charge in [-0.05, 0) is 48.4 Å². The molecule has 0 aromatic heterocycles. The van der Waals surface area contributed by atoms with Gasteiger partial charge in [-0.1, -0.05) is 48.0 Å². The molecule has 126 valence electrons. The molecule has 3 heteroatoms. The van der Waals surface area contributed by atoms with Crippen LogP contribution in [0, 0.1) is 6.92 Å². The van der Waals surface area contributed by atoms with Crippen LogP contribution in [0.3, 0.4) is 0 Å². The molecule has 3 aromatic rings. The summed E-state index contributed by atoms with van der Waals surface area (Å²) in [4.78, 5) is 16.1. The van der Waals surface area contributed by atoms with Gasteiger partial charge >= 0.3 is 0 Å². The molecule has 1 unspecified atom stereocenters. The summed E-state index contributed by atoms with van der Waals surface area (Å²) < 4.78 is 0. The zero-order valence-electron chi connectivity index (χ0n) is 14.7. The van der Waals surface area contributed by atoms with E-state index in [1.54, 1.807) is 11.8 Å². The molecule has 0 radical (unpaired) electrons. The van der Waals surface area contributed by atoms with E-state index in [2.05, 4.69) is 68.4 Å². The molecular weight excluding hydrogens is 326 g/mol. The molecular formula is C22H21NOS. The average Bonchev–Trinajstić information content (AvgIpc) is 2.83. The maximum absolute atomic E-state index is 13.1. The Bertz CT molecular complexity index is 963. The van der Waals surface area contributed by atoms with Crippen LogP contribution >= 0.6 is 11.8 Å². The highest BCUT2D eigenvalue weighted by Crippen LogP contribution is 2.47. The molecule has 1 aliphatic rings. The first-order valence-corrected chi connectivity index (χ1v) is 9.49. The number of hydrogen-bond acceptors (Lipinski definition) is 2. The Balaban J connectivity index is 1.78. The summed E-state index contributed by atoms with van der Waals surface area (Å²) in [7, 11) is 1.89. The van der Waals surface area contributed by atoms with Gasteiger partial charge in [-0.15, -0.1) is 11.8 Å². The minimum absolute atomic E-state index is 0.179. The van der Waals surface area contributed by atoms with Crippen LogP contribution < -0.4 is 4.90 Å². The lowest BCUT2D eigenvalue weighted by Crippen LogP contribution is -2.38. The smallest absolute Gasteiger partial charge is 0.238 e. The Hall–Kier alpha value is -2.26. The standard InChI is InChI=1S/C22H21NOS/c1-15-8-11-17(12-9-15)25-14-22(2)20-18-7-5-4-6-16(18)10-13-19(20)23(3)21(22)24/h4-13H,14H2,1-3H3. The van der Waals surface area contributed by atoms with Crippen LogP contribution in [0.4, 0.5) is 5.69 Å². The second kappa shape index (κ2) is 5.92. The van der Waals surface area contributed by atoms with E-state index in [-0.39, 0.29) is 5.91 Å². The van der Waals surface area contributed by atoms with Crippen molar-refractivity contribution in [1.82, 2.24) is 0 Å². The third-order valence-electron chi connectivity index (χ3n) is 5.15. The second-order valence-corrected chi connectivity index (χ2v) is 8.03. The topological polar surface area (TPSA) is 20.3 Å². The Morgan fingerprint density at radius 3 is 2.48 bits per heavy atom. The summed E-state index contributed by atoms with van der Waals surface area (Å²) in [5, 5.41) is 2.38.